The third-order valence-electron chi connectivity index (χ3n) is 2.91. The van der Waals surface area contributed by atoms with E-state index < -0.39 is 5.97 Å². The number of carbonyl (C=O) groups is 1. The van der Waals surface area contributed by atoms with E-state index >= 15 is 0 Å². The Morgan fingerprint density at radius 1 is 1.30 bits per heavy atom. The second-order valence-electron chi connectivity index (χ2n) is 4.26. The van der Waals surface area contributed by atoms with E-state index in [0.717, 1.165) is 17.9 Å². The number of anilines is 1. The Hall–Kier alpha value is -1.94. The number of benzene rings is 1. The molecule has 5 heteroatoms. The highest BCUT2D eigenvalue weighted by atomic mass is 35.5. The Balaban J connectivity index is 2.10. The highest BCUT2D eigenvalue weighted by molar-refractivity contribution is 6.33. The molecule has 2 rings (SSSR count). The summed E-state index contributed by atoms with van der Waals surface area (Å²) in [6.07, 6.45) is 0.860. The topological polar surface area (TPSA) is 51.5 Å². The lowest BCUT2D eigenvalue weighted by Crippen LogP contribution is -2.04. The Morgan fingerprint density at radius 2 is 2.05 bits per heavy atom. The minimum atomic E-state index is -0.393. The minimum Gasteiger partial charge on any atom is -0.465 e. The quantitative estimate of drug-likeness (QED) is 0.850. The molecule has 0 saturated heterocycles. The fourth-order valence-electron chi connectivity index (χ4n) is 1.80. The molecule has 1 aromatic heterocycles. The second-order valence-corrected chi connectivity index (χ2v) is 4.67. The van der Waals surface area contributed by atoms with Gasteiger partial charge in [-0.3, -0.25) is 0 Å². The number of aryl methyl sites for hydroxylation is 1. The number of carbonyl (C=O) groups excluding carboxylic acids is 1. The molecule has 0 aliphatic rings. The van der Waals surface area contributed by atoms with E-state index in [-0.39, 0.29) is 0 Å². The molecule has 0 aliphatic carbocycles. The van der Waals surface area contributed by atoms with Crippen molar-refractivity contribution in [2.75, 3.05) is 12.4 Å². The average Bonchev–Trinajstić information content (AvgIpc) is 2.93. The van der Waals surface area contributed by atoms with Gasteiger partial charge in [-0.05, 0) is 30.3 Å². The highest BCUT2D eigenvalue weighted by Gasteiger charge is 2.09. The highest BCUT2D eigenvalue weighted by Crippen LogP contribution is 2.24. The van der Waals surface area contributed by atoms with Crippen LogP contribution >= 0.6 is 11.6 Å². The van der Waals surface area contributed by atoms with Gasteiger partial charge in [0.1, 0.15) is 11.5 Å². The first-order valence-corrected chi connectivity index (χ1v) is 6.71. The van der Waals surface area contributed by atoms with Gasteiger partial charge in [-0.15, -0.1) is 0 Å². The van der Waals surface area contributed by atoms with Crippen molar-refractivity contribution in [2.45, 2.75) is 19.9 Å². The van der Waals surface area contributed by atoms with Crippen LogP contribution in [0.4, 0.5) is 5.69 Å². The molecule has 1 aromatic carbocycles. The summed E-state index contributed by atoms with van der Waals surface area (Å²) in [5.41, 5.74) is 1.12. The number of hydrogen-bond acceptors (Lipinski definition) is 4. The monoisotopic (exact) mass is 293 g/mol. The Morgan fingerprint density at radius 3 is 2.70 bits per heavy atom. The predicted octanol–water partition coefficient (Wildman–Crippen LogP) is 3.89. The van der Waals surface area contributed by atoms with Gasteiger partial charge in [-0.1, -0.05) is 18.5 Å². The maximum atomic E-state index is 11.5. The van der Waals surface area contributed by atoms with Crippen LogP contribution in [0.3, 0.4) is 0 Å². The molecule has 20 heavy (non-hydrogen) atoms. The van der Waals surface area contributed by atoms with Crippen LogP contribution in [0.5, 0.6) is 0 Å². The second kappa shape index (κ2) is 6.48. The average molecular weight is 294 g/mol. The van der Waals surface area contributed by atoms with Gasteiger partial charge in [0.2, 0.25) is 0 Å². The van der Waals surface area contributed by atoms with E-state index in [1.54, 1.807) is 18.2 Å². The molecule has 0 radical (unpaired) electrons. The summed E-state index contributed by atoms with van der Waals surface area (Å²) in [5, 5.41) is 3.69. The molecular weight excluding hydrogens is 278 g/mol. The first-order valence-electron chi connectivity index (χ1n) is 6.33. The number of methoxy groups -OCH3 is 1. The summed E-state index contributed by atoms with van der Waals surface area (Å²) >= 11 is 6.10. The molecule has 106 valence electrons. The SMILES string of the molecule is CCc1ccc(CNc2cc(C(=O)OC)ccc2Cl)o1. The summed E-state index contributed by atoms with van der Waals surface area (Å²) < 4.78 is 10.3. The summed E-state index contributed by atoms with van der Waals surface area (Å²) in [6.45, 7) is 2.54. The van der Waals surface area contributed by atoms with Crippen LogP contribution in [-0.4, -0.2) is 13.1 Å². The molecule has 0 aliphatic heterocycles. The summed E-state index contributed by atoms with van der Waals surface area (Å²) in [6, 6.07) is 8.82. The smallest absolute Gasteiger partial charge is 0.337 e. The number of furan rings is 1. The number of rotatable bonds is 5. The molecule has 1 N–H and O–H groups in total. The molecule has 0 amide bonds. The van der Waals surface area contributed by atoms with E-state index in [2.05, 4.69) is 10.1 Å². The van der Waals surface area contributed by atoms with Gasteiger partial charge in [0.15, 0.2) is 0 Å². The van der Waals surface area contributed by atoms with E-state index in [1.807, 2.05) is 19.1 Å². The first kappa shape index (κ1) is 14.5. The van der Waals surface area contributed by atoms with E-state index in [1.165, 1.54) is 7.11 Å². The van der Waals surface area contributed by atoms with Gasteiger partial charge >= 0.3 is 5.97 Å². The molecule has 0 saturated carbocycles. The number of esters is 1. The standard InChI is InChI=1S/C15H16ClNO3/c1-3-11-5-6-12(20-11)9-17-14-8-10(15(18)19-2)4-7-13(14)16/h4-8,17H,3,9H2,1-2H3. The van der Waals surface area contributed by atoms with Gasteiger partial charge in [-0.2, -0.15) is 0 Å². The van der Waals surface area contributed by atoms with Crippen molar-refractivity contribution in [2.24, 2.45) is 0 Å². The van der Waals surface area contributed by atoms with E-state index in [0.29, 0.717) is 22.8 Å². The lowest BCUT2D eigenvalue weighted by atomic mass is 10.2. The molecule has 2 aromatic rings. The van der Waals surface area contributed by atoms with Crippen LogP contribution in [0.25, 0.3) is 0 Å². The summed E-state index contributed by atoms with van der Waals surface area (Å²) in [4.78, 5) is 11.5. The van der Waals surface area contributed by atoms with Crippen LogP contribution in [0.15, 0.2) is 34.7 Å². The van der Waals surface area contributed by atoms with Crippen molar-refractivity contribution in [1.82, 2.24) is 0 Å². The fraction of sp³-hybridized carbons (Fsp3) is 0.267. The Kier molecular flexibility index (Phi) is 4.69. The van der Waals surface area contributed by atoms with E-state index in [9.17, 15) is 4.79 Å². The molecule has 4 nitrogen and oxygen atoms in total. The predicted molar refractivity (Wildman–Crippen MR) is 78.2 cm³/mol. The largest absolute Gasteiger partial charge is 0.465 e. The normalized spacial score (nSPS) is 10.3. The van der Waals surface area contributed by atoms with Gasteiger partial charge in [0, 0.05) is 6.42 Å². The third kappa shape index (κ3) is 3.33. The van der Waals surface area contributed by atoms with Crippen LogP contribution < -0.4 is 5.32 Å². The molecule has 0 atom stereocenters. The third-order valence-corrected chi connectivity index (χ3v) is 3.24. The van der Waals surface area contributed by atoms with Crippen LogP contribution in [0, 0.1) is 0 Å². The van der Waals surface area contributed by atoms with Crippen LogP contribution in [0.2, 0.25) is 5.02 Å². The van der Waals surface area contributed by atoms with Gasteiger partial charge < -0.3 is 14.5 Å². The zero-order valence-corrected chi connectivity index (χ0v) is 12.2. The maximum Gasteiger partial charge on any atom is 0.337 e. The molecule has 0 bridgehead atoms. The van der Waals surface area contributed by atoms with Crippen molar-refractivity contribution in [3.8, 4) is 0 Å². The van der Waals surface area contributed by atoms with E-state index in [4.69, 9.17) is 16.0 Å². The summed E-state index contributed by atoms with van der Waals surface area (Å²) in [7, 11) is 1.35. The zero-order valence-electron chi connectivity index (χ0n) is 11.4. The van der Waals surface area contributed by atoms with Crippen LogP contribution in [0.1, 0.15) is 28.8 Å². The number of ether oxygens (including phenoxy) is 1. The van der Waals surface area contributed by atoms with Crippen molar-refractivity contribution in [3.05, 3.63) is 52.4 Å². The van der Waals surface area contributed by atoms with Crippen LogP contribution in [-0.2, 0) is 17.7 Å². The molecular formula is C15H16ClNO3. The fourth-order valence-corrected chi connectivity index (χ4v) is 1.98. The van der Waals surface area contributed by atoms with Crippen molar-refractivity contribution in [1.29, 1.82) is 0 Å². The maximum absolute atomic E-state index is 11.5. The molecule has 0 fully saturated rings. The number of hydrogen-bond donors (Lipinski definition) is 1. The Bertz CT molecular complexity index is 607. The van der Waals surface area contributed by atoms with Gasteiger partial charge in [-0.25, -0.2) is 4.79 Å². The molecule has 0 unspecified atom stereocenters. The molecule has 1 heterocycles. The molecule has 0 spiro atoms. The van der Waals surface area contributed by atoms with Crippen molar-refractivity contribution < 1.29 is 13.9 Å². The lowest BCUT2D eigenvalue weighted by molar-refractivity contribution is 0.0601. The minimum absolute atomic E-state index is 0.393. The summed E-state index contributed by atoms with van der Waals surface area (Å²) in [5.74, 6) is 1.37. The van der Waals surface area contributed by atoms with Crippen molar-refractivity contribution >= 4 is 23.3 Å². The zero-order chi connectivity index (χ0) is 14.5. The number of halogens is 1. The lowest BCUT2D eigenvalue weighted by Gasteiger charge is -2.08. The van der Waals surface area contributed by atoms with Crippen molar-refractivity contribution in [3.63, 3.8) is 0 Å². The van der Waals surface area contributed by atoms with Gasteiger partial charge in [0.05, 0.1) is 29.9 Å². The number of nitrogens with one attached hydrogen (secondary N) is 1. The first-order chi connectivity index (χ1) is 9.63. The Labute approximate surface area is 122 Å². The van der Waals surface area contributed by atoms with Gasteiger partial charge in [0.25, 0.3) is 0 Å².